The van der Waals surface area contributed by atoms with Gasteiger partial charge >= 0.3 is 0 Å². The van der Waals surface area contributed by atoms with Crippen LogP contribution in [0.2, 0.25) is 0 Å². The molecule has 1 saturated carbocycles. The Balaban J connectivity index is 2.19. The highest BCUT2D eigenvalue weighted by Gasteiger charge is 2.25. The Bertz CT molecular complexity index is 396. The lowest BCUT2D eigenvalue weighted by Crippen LogP contribution is -2.36. The van der Waals surface area contributed by atoms with Gasteiger partial charge in [-0.15, -0.1) is 0 Å². The molecule has 106 valence electrons. The minimum Gasteiger partial charge on any atom is -0.383 e. The van der Waals surface area contributed by atoms with Gasteiger partial charge in [0, 0.05) is 18.7 Å². The molecule has 0 saturated heterocycles. The van der Waals surface area contributed by atoms with E-state index in [1.54, 1.807) is 6.07 Å². The van der Waals surface area contributed by atoms with Gasteiger partial charge in [0.1, 0.15) is 10.4 Å². The van der Waals surface area contributed by atoms with E-state index in [1.165, 1.54) is 25.7 Å². The molecular formula is C14H23BrN4. The van der Waals surface area contributed by atoms with Crippen molar-refractivity contribution >= 4 is 27.7 Å². The lowest BCUT2D eigenvalue weighted by Gasteiger charge is -2.29. The first-order valence-electron chi connectivity index (χ1n) is 7.13. The van der Waals surface area contributed by atoms with Gasteiger partial charge in [-0.25, -0.2) is 4.98 Å². The largest absolute Gasteiger partial charge is 0.383 e. The minimum absolute atomic E-state index is 0.532. The maximum atomic E-state index is 5.84. The van der Waals surface area contributed by atoms with Crippen LogP contribution < -0.4 is 10.6 Å². The third-order valence-electron chi connectivity index (χ3n) is 3.67. The molecule has 0 unspecified atom stereocenters. The molecule has 0 amide bonds. The highest BCUT2D eigenvalue weighted by atomic mass is 79.9. The summed E-state index contributed by atoms with van der Waals surface area (Å²) in [4.78, 5) is 11.3. The number of hydrogen-bond acceptors (Lipinski definition) is 4. The topological polar surface area (TPSA) is 55.0 Å². The fourth-order valence-electron chi connectivity index (χ4n) is 2.61. The summed E-state index contributed by atoms with van der Waals surface area (Å²) in [6, 6.07) is 2.33. The van der Waals surface area contributed by atoms with Crippen LogP contribution in [0.3, 0.4) is 0 Å². The zero-order chi connectivity index (χ0) is 13.8. The molecule has 1 fully saturated rings. The number of halogens is 1. The summed E-state index contributed by atoms with van der Waals surface area (Å²) in [5, 5.41) is 0. The van der Waals surface area contributed by atoms with Crippen LogP contribution in [-0.4, -0.2) is 22.6 Å². The molecule has 2 rings (SSSR count). The van der Waals surface area contributed by atoms with Crippen LogP contribution in [0.15, 0.2) is 10.7 Å². The predicted octanol–water partition coefficient (Wildman–Crippen LogP) is 3.62. The second kappa shape index (κ2) is 6.55. The lowest BCUT2D eigenvalue weighted by molar-refractivity contribution is 0.521. The molecule has 1 aromatic heterocycles. The van der Waals surface area contributed by atoms with Crippen molar-refractivity contribution in [2.24, 2.45) is 5.92 Å². The van der Waals surface area contributed by atoms with Crippen LogP contribution in [0.5, 0.6) is 0 Å². The Morgan fingerprint density at radius 1 is 1.37 bits per heavy atom. The number of nitrogen functional groups attached to an aromatic ring is 1. The molecule has 19 heavy (non-hydrogen) atoms. The molecule has 2 N–H and O–H groups in total. The van der Waals surface area contributed by atoms with Crippen LogP contribution in [0.1, 0.15) is 46.0 Å². The van der Waals surface area contributed by atoms with Crippen LogP contribution in [0.4, 0.5) is 11.8 Å². The van der Waals surface area contributed by atoms with E-state index in [1.807, 2.05) is 0 Å². The van der Waals surface area contributed by atoms with Gasteiger partial charge in [-0.3, -0.25) is 0 Å². The SMILES string of the molecule is CC(C)CCN(c1nc(N)cc(Br)n1)C1CCCC1. The molecule has 1 aliphatic rings. The Hall–Kier alpha value is -0.840. The zero-order valence-electron chi connectivity index (χ0n) is 11.8. The summed E-state index contributed by atoms with van der Waals surface area (Å²) in [5.41, 5.74) is 5.84. The minimum atomic E-state index is 0.532. The maximum Gasteiger partial charge on any atom is 0.228 e. The summed E-state index contributed by atoms with van der Waals surface area (Å²) >= 11 is 3.41. The van der Waals surface area contributed by atoms with Crippen molar-refractivity contribution in [3.63, 3.8) is 0 Å². The summed E-state index contributed by atoms with van der Waals surface area (Å²) in [7, 11) is 0. The summed E-state index contributed by atoms with van der Waals surface area (Å²) in [5.74, 6) is 2.00. The van der Waals surface area contributed by atoms with Crippen molar-refractivity contribution in [1.29, 1.82) is 0 Å². The van der Waals surface area contributed by atoms with Crippen molar-refractivity contribution in [3.8, 4) is 0 Å². The van der Waals surface area contributed by atoms with Gasteiger partial charge in [0.25, 0.3) is 0 Å². The molecule has 1 aromatic rings. The third kappa shape index (κ3) is 4.06. The normalized spacial score (nSPS) is 16.2. The molecule has 0 aromatic carbocycles. The smallest absolute Gasteiger partial charge is 0.228 e. The second-order valence-electron chi connectivity index (χ2n) is 5.73. The molecular weight excluding hydrogens is 304 g/mol. The van der Waals surface area contributed by atoms with Crippen LogP contribution >= 0.6 is 15.9 Å². The number of nitrogens with zero attached hydrogens (tertiary/aromatic N) is 3. The first-order valence-corrected chi connectivity index (χ1v) is 7.92. The molecule has 0 bridgehead atoms. The number of nitrogens with two attached hydrogens (primary N) is 1. The summed E-state index contributed by atoms with van der Waals surface area (Å²) in [6.45, 7) is 5.52. The van der Waals surface area contributed by atoms with E-state index in [9.17, 15) is 0 Å². The van der Waals surface area contributed by atoms with Gasteiger partial charge in [-0.05, 0) is 41.1 Å². The van der Waals surface area contributed by atoms with Crippen molar-refractivity contribution in [3.05, 3.63) is 10.7 Å². The summed E-state index contributed by atoms with van der Waals surface area (Å²) < 4.78 is 0.766. The van der Waals surface area contributed by atoms with Gasteiger partial charge in [0.05, 0.1) is 0 Å². The Kier molecular flexibility index (Phi) is 5.02. The Morgan fingerprint density at radius 2 is 2.05 bits per heavy atom. The molecule has 5 heteroatoms. The highest BCUT2D eigenvalue weighted by molar-refractivity contribution is 9.10. The molecule has 0 spiro atoms. The van der Waals surface area contributed by atoms with Crippen molar-refractivity contribution in [2.75, 3.05) is 17.2 Å². The molecule has 0 atom stereocenters. The average molecular weight is 327 g/mol. The molecule has 4 nitrogen and oxygen atoms in total. The van der Waals surface area contributed by atoms with Gasteiger partial charge in [0.15, 0.2) is 0 Å². The standard InChI is InChI=1S/C14H23BrN4/c1-10(2)7-8-19(11-5-3-4-6-11)14-17-12(15)9-13(16)18-14/h9-11H,3-8H2,1-2H3,(H2,16,17,18). The summed E-state index contributed by atoms with van der Waals surface area (Å²) in [6.07, 6.45) is 6.27. The lowest BCUT2D eigenvalue weighted by atomic mass is 10.1. The van der Waals surface area contributed by atoms with Crippen molar-refractivity contribution in [1.82, 2.24) is 9.97 Å². The Labute approximate surface area is 123 Å². The molecule has 1 heterocycles. The first-order chi connectivity index (χ1) is 9.06. The quantitative estimate of drug-likeness (QED) is 0.839. The fraction of sp³-hybridized carbons (Fsp3) is 0.714. The van der Waals surface area contributed by atoms with Gasteiger partial charge in [-0.2, -0.15) is 4.98 Å². The number of aromatic nitrogens is 2. The second-order valence-corrected chi connectivity index (χ2v) is 6.54. The third-order valence-corrected chi connectivity index (χ3v) is 4.08. The number of hydrogen-bond donors (Lipinski definition) is 1. The Morgan fingerprint density at radius 3 is 2.63 bits per heavy atom. The predicted molar refractivity (Wildman–Crippen MR) is 83.2 cm³/mol. The van der Waals surface area contributed by atoms with Crippen LogP contribution in [0.25, 0.3) is 0 Å². The van der Waals surface area contributed by atoms with Gasteiger partial charge in [-0.1, -0.05) is 26.7 Å². The highest BCUT2D eigenvalue weighted by Crippen LogP contribution is 2.28. The van der Waals surface area contributed by atoms with Crippen molar-refractivity contribution in [2.45, 2.75) is 52.0 Å². The van der Waals surface area contributed by atoms with E-state index in [-0.39, 0.29) is 0 Å². The van der Waals surface area contributed by atoms with E-state index in [4.69, 9.17) is 5.73 Å². The average Bonchev–Trinajstić information content (AvgIpc) is 2.81. The molecule has 0 aliphatic heterocycles. The number of anilines is 2. The first kappa shape index (κ1) is 14.6. The van der Waals surface area contributed by atoms with Crippen LogP contribution in [-0.2, 0) is 0 Å². The molecule has 0 radical (unpaired) electrons. The zero-order valence-corrected chi connectivity index (χ0v) is 13.4. The van der Waals surface area contributed by atoms with E-state index in [0.717, 1.165) is 23.5 Å². The van der Waals surface area contributed by atoms with Gasteiger partial charge in [0.2, 0.25) is 5.95 Å². The monoisotopic (exact) mass is 326 g/mol. The van der Waals surface area contributed by atoms with E-state index >= 15 is 0 Å². The van der Waals surface area contributed by atoms with Gasteiger partial charge < -0.3 is 10.6 Å². The van der Waals surface area contributed by atoms with E-state index in [2.05, 4.69) is 44.6 Å². The molecule has 1 aliphatic carbocycles. The van der Waals surface area contributed by atoms with Crippen molar-refractivity contribution < 1.29 is 0 Å². The van der Waals surface area contributed by atoms with E-state index in [0.29, 0.717) is 17.8 Å². The fourth-order valence-corrected chi connectivity index (χ4v) is 3.00. The maximum absolute atomic E-state index is 5.84. The van der Waals surface area contributed by atoms with Crippen LogP contribution in [0, 0.1) is 5.92 Å². The van der Waals surface area contributed by atoms with E-state index < -0.39 is 0 Å². The number of rotatable bonds is 5.